The van der Waals surface area contributed by atoms with Crippen molar-refractivity contribution in [3.8, 4) is 5.75 Å². The first-order valence-electron chi connectivity index (χ1n) is 10.6. The molecular weight excluding hydrogens is 399 g/mol. The van der Waals surface area contributed by atoms with Gasteiger partial charge >= 0.3 is 6.03 Å². The van der Waals surface area contributed by atoms with E-state index < -0.39 is 6.03 Å². The van der Waals surface area contributed by atoms with E-state index in [0.717, 1.165) is 44.0 Å². The van der Waals surface area contributed by atoms with Crippen LogP contribution in [0.15, 0.2) is 42.5 Å². The van der Waals surface area contributed by atoms with Crippen molar-refractivity contribution in [1.82, 2.24) is 20.4 Å². The first-order valence-corrected chi connectivity index (χ1v) is 10.6. The molecule has 7 nitrogen and oxygen atoms in total. The van der Waals surface area contributed by atoms with Gasteiger partial charge in [-0.25, -0.2) is 9.18 Å². The number of rotatable bonds is 6. The summed E-state index contributed by atoms with van der Waals surface area (Å²) in [4.78, 5) is 28.5. The SMILES string of the molecule is O=C(NCC(=O)N1CCN(Cc2ccc3c(c2)CCO3)CC1)NCc1ccc(F)cc1. The maximum Gasteiger partial charge on any atom is 0.315 e. The minimum atomic E-state index is -0.420. The Balaban J connectivity index is 1.15. The van der Waals surface area contributed by atoms with Crippen LogP contribution in [-0.4, -0.2) is 61.1 Å². The third kappa shape index (κ3) is 5.73. The number of ether oxygens (including phenoxy) is 1. The number of carbonyl (C=O) groups excluding carboxylic acids is 2. The fourth-order valence-electron chi connectivity index (χ4n) is 3.87. The summed E-state index contributed by atoms with van der Waals surface area (Å²) in [6, 6.07) is 11.9. The van der Waals surface area contributed by atoms with Crippen LogP contribution in [0.4, 0.5) is 9.18 Å². The zero-order valence-electron chi connectivity index (χ0n) is 17.4. The van der Waals surface area contributed by atoms with Crippen molar-refractivity contribution in [2.24, 2.45) is 0 Å². The zero-order chi connectivity index (χ0) is 21.6. The highest BCUT2D eigenvalue weighted by Gasteiger charge is 2.22. The van der Waals surface area contributed by atoms with Crippen LogP contribution in [0.5, 0.6) is 5.75 Å². The van der Waals surface area contributed by atoms with E-state index >= 15 is 0 Å². The third-order valence-electron chi connectivity index (χ3n) is 5.65. The lowest BCUT2D eigenvalue weighted by molar-refractivity contribution is -0.131. The Morgan fingerprint density at radius 1 is 0.968 bits per heavy atom. The van der Waals surface area contributed by atoms with Crippen LogP contribution in [0, 0.1) is 5.82 Å². The predicted octanol–water partition coefficient (Wildman–Crippen LogP) is 1.90. The van der Waals surface area contributed by atoms with Gasteiger partial charge in [0.2, 0.25) is 5.91 Å². The molecule has 164 valence electrons. The van der Waals surface area contributed by atoms with Gasteiger partial charge in [-0.15, -0.1) is 0 Å². The molecule has 1 fully saturated rings. The molecule has 8 heteroatoms. The summed E-state index contributed by atoms with van der Waals surface area (Å²) in [7, 11) is 0. The molecule has 0 aromatic heterocycles. The molecule has 2 aromatic carbocycles. The van der Waals surface area contributed by atoms with Crippen LogP contribution in [0.2, 0.25) is 0 Å². The Kier molecular flexibility index (Phi) is 6.66. The summed E-state index contributed by atoms with van der Waals surface area (Å²) in [6.45, 7) is 4.74. The first-order chi connectivity index (χ1) is 15.1. The number of carbonyl (C=O) groups is 2. The number of nitrogens with one attached hydrogen (secondary N) is 2. The summed E-state index contributed by atoms with van der Waals surface area (Å²) >= 11 is 0. The number of hydrogen-bond acceptors (Lipinski definition) is 4. The maximum absolute atomic E-state index is 12.9. The van der Waals surface area contributed by atoms with Gasteiger partial charge < -0.3 is 20.3 Å². The minimum absolute atomic E-state index is 0.0416. The number of benzene rings is 2. The van der Waals surface area contributed by atoms with Crippen molar-refractivity contribution in [1.29, 1.82) is 0 Å². The molecule has 0 aliphatic carbocycles. The molecule has 1 saturated heterocycles. The first kappa shape index (κ1) is 21.1. The second-order valence-electron chi connectivity index (χ2n) is 7.86. The normalized spacial score (nSPS) is 15.8. The third-order valence-corrected chi connectivity index (χ3v) is 5.65. The quantitative estimate of drug-likeness (QED) is 0.740. The van der Waals surface area contributed by atoms with Gasteiger partial charge in [0.05, 0.1) is 13.2 Å². The van der Waals surface area contributed by atoms with Gasteiger partial charge in [0, 0.05) is 45.7 Å². The lowest BCUT2D eigenvalue weighted by atomic mass is 10.1. The smallest absolute Gasteiger partial charge is 0.315 e. The van der Waals surface area contributed by atoms with Crippen molar-refractivity contribution in [2.75, 3.05) is 39.3 Å². The lowest BCUT2D eigenvalue weighted by Gasteiger charge is -2.34. The molecule has 2 N–H and O–H groups in total. The molecule has 0 saturated carbocycles. The van der Waals surface area contributed by atoms with E-state index in [1.54, 1.807) is 17.0 Å². The fourth-order valence-corrected chi connectivity index (χ4v) is 3.87. The van der Waals surface area contributed by atoms with E-state index in [0.29, 0.717) is 13.1 Å². The Morgan fingerprint density at radius 2 is 1.71 bits per heavy atom. The summed E-state index contributed by atoms with van der Waals surface area (Å²) < 4.78 is 18.5. The predicted molar refractivity (Wildman–Crippen MR) is 114 cm³/mol. The van der Waals surface area contributed by atoms with Crippen LogP contribution in [-0.2, 0) is 24.3 Å². The van der Waals surface area contributed by atoms with Gasteiger partial charge in [-0.1, -0.05) is 24.3 Å². The van der Waals surface area contributed by atoms with Crippen molar-refractivity contribution in [3.05, 3.63) is 65.0 Å². The molecular formula is C23H27FN4O3. The number of amides is 3. The van der Waals surface area contributed by atoms with E-state index in [1.807, 2.05) is 6.07 Å². The Bertz CT molecular complexity index is 927. The molecule has 0 radical (unpaired) electrons. The monoisotopic (exact) mass is 426 g/mol. The van der Waals surface area contributed by atoms with Gasteiger partial charge in [0.15, 0.2) is 0 Å². The molecule has 3 amide bonds. The molecule has 0 spiro atoms. The lowest BCUT2D eigenvalue weighted by Crippen LogP contribution is -2.51. The van der Waals surface area contributed by atoms with Crippen LogP contribution in [0.3, 0.4) is 0 Å². The minimum Gasteiger partial charge on any atom is -0.493 e. The summed E-state index contributed by atoms with van der Waals surface area (Å²) in [5, 5.41) is 5.26. The van der Waals surface area contributed by atoms with Gasteiger partial charge in [-0.3, -0.25) is 9.69 Å². The van der Waals surface area contributed by atoms with Crippen LogP contribution in [0.1, 0.15) is 16.7 Å². The largest absolute Gasteiger partial charge is 0.493 e. The number of urea groups is 1. The molecule has 2 aliphatic rings. The number of hydrogen-bond donors (Lipinski definition) is 2. The van der Waals surface area contributed by atoms with Crippen molar-refractivity contribution in [2.45, 2.75) is 19.5 Å². The standard InChI is InChI=1S/C23H27FN4O3/c24-20-4-1-17(2-5-20)14-25-23(30)26-15-22(29)28-10-8-27(9-11-28)16-18-3-6-21-19(13-18)7-12-31-21/h1-6,13H,7-12,14-16H2,(H2,25,26,30). The van der Waals surface area contributed by atoms with E-state index in [4.69, 9.17) is 4.74 Å². The van der Waals surface area contributed by atoms with Gasteiger partial charge in [0.25, 0.3) is 0 Å². The molecule has 31 heavy (non-hydrogen) atoms. The number of fused-ring (bicyclic) bond motifs is 1. The molecule has 0 atom stereocenters. The van der Waals surface area contributed by atoms with Crippen molar-refractivity contribution in [3.63, 3.8) is 0 Å². The van der Waals surface area contributed by atoms with Gasteiger partial charge in [0.1, 0.15) is 11.6 Å². The fraction of sp³-hybridized carbons (Fsp3) is 0.391. The van der Waals surface area contributed by atoms with Crippen LogP contribution in [0.25, 0.3) is 0 Å². The molecule has 0 unspecified atom stereocenters. The Labute approximate surface area is 181 Å². The second-order valence-corrected chi connectivity index (χ2v) is 7.86. The molecule has 4 rings (SSSR count). The number of halogens is 1. The molecule has 2 aromatic rings. The molecule has 0 bridgehead atoms. The Hall–Kier alpha value is -3.13. The van der Waals surface area contributed by atoms with E-state index in [9.17, 15) is 14.0 Å². The Morgan fingerprint density at radius 3 is 2.48 bits per heavy atom. The maximum atomic E-state index is 12.9. The highest BCUT2D eigenvalue weighted by Crippen LogP contribution is 2.26. The zero-order valence-corrected chi connectivity index (χ0v) is 17.4. The molecule has 2 heterocycles. The average molecular weight is 426 g/mol. The topological polar surface area (TPSA) is 73.9 Å². The van der Waals surface area contributed by atoms with Gasteiger partial charge in [-0.2, -0.15) is 0 Å². The van der Waals surface area contributed by atoms with Crippen LogP contribution < -0.4 is 15.4 Å². The van der Waals surface area contributed by atoms with E-state index in [-0.39, 0.29) is 24.8 Å². The number of piperazine rings is 1. The van der Waals surface area contributed by atoms with E-state index in [2.05, 4.69) is 27.7 Å². The summed E-state index contributed by atoms with van der Waals surface area (Å²) in [6.07, 6.45) is 0.968. The summed E-state index contributed by atoms with van der Waals surface area (Å²) in [5.41, 5.74) is 3.33. The average Bonchev–Trinajstić information content (AvgIpc) is 3.25. The van der Waals surface area contributed by atoms with Crippen molar-refractivity contribution >= 4 is 11.9 Å². The van der Waals surface area contributed by atoms with Gasteiger partial charge in [-0.05, 0) is 34.9 Å². The molecule has 2 aliphatic heterocycles. The highest BCUT2D eigenvalue weighted by molar-refractivity contribution is 5.84. The second kappa shape index (κ2) is 9.78. The highest BCUT2D eigenvalue weighted by atomic mass is 19.1. The van der Waals surface area contributed by atoms with E-state index in [1.165, 1.54) is 23.3 Å². The number of nitrogens with zero attached hydrogens (tertiary/aromatic N) is 2. The van der Waals surface area contributed by atoms with Crippen LogP contribution >= 0.6 is 0 Å². The van der Waals surface area contributed by atoms with Crippen molar-refractivity contribution < 1.29 is 18.7 Å². The summed E-state index contributed by atoms with van der Waals surface area (Å²) in [5.74, 6) is 0.584.